The lowest BCUT2D eigenvalue weighted by Gasteiger charge is -2.37. The lowest BCUT2D eigenvalue weighted by atomic mass is 10.1. The third-order valence-corrected chi connectivity index (χ3v) is 6.96. The molecule has 206 valence electrons. The first kappa shape index (κ1) is 27.3. The number of hydrogen-bond donors (Lipinski definition) is 0. The number of benzene rings is 4. The van der Waals surface area contributed by atoms with Crippen molar-refractivity contribution in [3.05, 3.63) is 131 Å². The Morgan fingerprint density at radius 2 is 0.902 bits per heavy atom. The predicted octanol–water partition coefficient (Wildman–Crippen LogP) is 5.23. The van der Waals surface area contributed by atoms with Gasteiger partial charge in [-0.15, -0.1) is 0 Å². The number of para-hydroxylation sites is 2. The quantitative estimate of drug-likeness (QED) is 0.170. The van der Waals surface area contributed by atoms with E-state index in [9.17, 15) is 19.2 Å². The zero-order chi connectivity index (χ0) is 29.0. The molecule has 4 aromatic rings. The van der Waals surface area contributed by atoms with E-state index in [-0.39, 0.29) is 13.1 Å². The molecule has 0 unspecified atom stereocenters. The summed E-state index contributed by atoms with van der Waals surface area (Å²) in [4.78, 5) is 54.0. The van der Waals surface area contributed by atoms with Crippen LogP contribution in [0.25, 0.3) is 0 Å². The molecule has 0 aromatic heterocycles. The van der Waals surface area contributed by atoms with Gasteiger partial charge in [0.1, 0.15) is 17.2 Å². The Hall–Kier alpha value is -5.24. The molecular weight excluding hydrogens is 520 g/mol. The average Bonchev–Trinajstić information content (AvgIpc) is 3.14. The van der Waals surface area contributed by atoms with Crippen LogP contribution in [0.4, 0.5) is 0 Å². The van der Waals surface area contributed by atoms with E-state index in [2.05, 4.69) is 0 Å². The van der Waals surface area contributed by atoms with Gasteiger partial charge < -0.3 is 19.3 Å². The highest BCUT2D eigenvalue weighted by atomic mass is 16.5. The maximum Gasteiger partial charge on any atom is 0.343 e. The number of nitrogens with zero attached hydrogens (tertiary/aromatic N) is 2. The van der Waals surface area contributed by atoms with Crippen molar-refractivity contribution in [3.63, 3.8) is 0 Å². The van der Waals surface area contributed by atoms with Crippen LogP contribution < -0.4 is 9.47 Å². The van der Waals surface area contributed by atoms with Crippen molar-refractivity contribution in [1.29, 1.82) is 0 Å². The molecule has 0 aliphatic carbocycles. The summed E-state index contributed by atoms with van der Waals surface area (Å²) in [6.07, 6.45) is 0. The van der Waals surface area contributed by atoms with Gasteiger partial charge in [-0.05, 0) is 73.5 Å². The van der Waals surface area contributed by atoms with Gasteiger partial charge in [-0.3, -0.25) is 9.59 Å². The predicted molar refractivity (Wildman–Crippen MR) is 151 cm³/mol. The highest BCUT2D eigenvalue weighted by Gasteiger charge is 2.50. The van der Waals surface area contributed by atoms with Gasteiger partial charge in [0.25, 0.3) is 0 Å². The summed E-state index contributed by atoms with van der Waals surface area (Å²) in [5.41, 5.74) is 1.36. The minimum Gasteiger partial charge on any atom is -0.423 e. The second kappa shape index (κ2) is 11.5. The van der Waals surface area contributed by atoms with Gasteiger partial charge in [-0.2, -0.15) is 0 Å². The fourth-order valence-corrected chi connectivity index (χ4v) is 4.57. The second-order valence-corrected chi connectivity index (χ2v) is 10.1. The van der Waals surface area contributed by atoms with Crippen molar-refractivity contribution in [3.8, 4) is 11.5 Å². The van der Waals surface area contributed by atoms with Crippen LogP contribution in [0.5, 0.6) is 11.5 Å². The van der Waals surface area contributed by atoms with E-state index in [4.69, 9.17) is 9.47 Å². The van der Waals surface area contributed by atoms with E-state index in [0.717, 1.165) is 11.1 Å². The second-order valence-electron chi connectivity index (χ2n) is 10.1. The standard InChI is InChI=1S/C33H28N2O6/c1-33(2)34(21-23-13-17-25(18-14-23)31(38)40-27-9-5-3-6-10-27)29(36)30(37)35(33)22-24-15-19-26(20-16-24)32(39)41-28-11-7-4-8-12-28/h3-20H,21-22H2,1-2H3. The summed E-state index contributed by atoms with van der Waals surface area (Å²) < 4.78 is 10.8. The molecule has 2 amide bonds. The molecule has 1 heterocycles. The lowest BCUT2D eigenvalue weighted by Crippen LogP contribution is -2.48. The van der Waals surface area contributed by atoms with Crippen molar-refractivity contribution in [2.75, 3.05) is 0 Å². The smallest absolute Gasteiger partial charge is 0.343 e. The largest absolute Gasteiger partial charge is 0.423 e. The van der Waals surface area contributed by atoms with Crippen LogP contribution in [0.1, 0.15) is 45.7 Å². The third-order valence-electron chi connectivity index (χ3n) is 6.96. The summed E-state index contributed by atoms with van der Waals surface area (Å²) in [5, 5.41) is 0. The topological polar surface area (TPSA) is 93.2 Å². The molecule has 41 heavy (non-hydrogen) atoms. The highest BCUT2D eigenvalue weighted by Crippen LogP contribution is 2.31. The van der Waals surface area contributed by atoms with E-state index in [1.807, 2.05) is 26.0 Å². The maximum absolute atomic E-state index is 13.0. The minimum atomic E-state index is -0.913. The summed E-state index contributed by atoms with van der Waals surface area (Å²) in [7, 11) is 0. The van der Waals surface area contributed by atoms with Crippen molar-refractivity contribution in [2.45, 2.75) is 32.6 Å². The van der Waals surface area contributed by atoms with Crippen molar-refractivity contribution in [2.24, 2.45) is 0 Å². The number of hydrogen-bond acceptors (Lipinski definition) is 6. The SMILES string of the molecule is CC1(C)N(Cc2ccc(C(=O)Oc3ccccc3)cc2)C(=O)C(=O)N1Cc1ccc(C(=O)Oc2ccccc2)cc1. The van der Waals surface area contributed by atoms with Gasteiger partial charge >= 0.3 is 23.8 Å². The molecule has 0 N–H and O–H groups in total. The Labute approximate surface area is 237 Å². The molecule has 1 fully saturated rings. The normalized spacial score (nSPS) is 14.2. The van der Waals surface area contributed by atoms with Gasteiger partial charge in [0, 0.05) is 13.1 Å². The van der Waals surface area contributed by atoms with Crippen LogP contribution in [0.15, 0.2) is 109 Å². The first-order valence-electron chi connectivity index (χ1n) is 13.1. The summed E-state index contributed by atoms with van der Waals surface area (Å²) >= 11 is 0. The molecule has 0 radical (unpaired) electrons. The molecule has 8 heteroatoms. The minimum absolute atomic E-state index is 0.187. The molecule has 1 saturated heterocycles. The van der Waals surface area contributed by atoms with Gasteiger partial charge in [-0.25, -0.2) is 9.59 Å². The molecule has 1 aliphatic rings. The number of ether oxygens (including phenoxy) is 2. The van der Waals surface area contributed by atoms with Crippen LogP contribution in [0.2, 0.25) is 0 Å². The number of rotatable bonds is 8. The van der Waals surface area contributed by atoms with Crippen LogP contribution in [-0.4, -0.2) is 39.2 Å². The highest BCUT2D eigenvalue weighted by molar-refractivity contribution is 6.37. The van der Waals surface area contributed by atoms with E-state index in [1.165, 1.54) is 9.80 Å². The average molecular weight is 549 g/mol. The van der Waals surface area contributed by atoms with E-state index >= 15 is 0 Å². The molecule has 5 rings (SSSR count). The van der Waals surface area contributed by atoms with Crippen molar-refractivity contribution >= 4 is 23.8 Å². The van der Waals surface area contributed by atoms with Crippen LogP contribution >= 0.6 is 0 Å². The Morgan fingerprint density at radius 1 is 0.561 bits per heavy atom. The number of amides is 2. The Morgan fingerprint density at radius 3 is 1.24 bits per heavy atom. The Balaban J connectivity index is 1.23. The van der Waals surface area contributed by atoms with Gasteiger partial charge in [0.15, 0.2) is 0 Å². The first-order valence-corrected chi connectivity index (χ1v) is 13.1. The van der Waals surface area contributed by atoms with Crippen LogP contribution in [0.3, 0.4) is 0 Å². The van der Waals surface area contributed by atoms with Gasteiger partial charge in [0.05, 0.1) is 11.1 Å². The monoisotopic (exact) mass is 548 g/mol. The molecule has 0 bridgehead atoms. The summed E-state index contributed by atoms with van der Waals surface area (Å²) in [6.45, 7) is 4.00. The Bertz CT molecular complexity index is 1450. The molecule has 0 saturated carbocycles. The van der Waals surface area contributed by atoms with Gasteiger partial charge in [0.2, 0.25) is 0 Å². The zero-order valence-corrected chi connectivity index (χ0v) is 22.7. The van der Waals surface area contributed by atoms with E-state index in [0.29, 0.717) is 22.6 Å². The first-order chi connectivity index (χ1) is 19.7. The van der Waals surface area contributed by atoms with Crippen molar-refractivity contribution < 1.29 is 28.7 Å². The number of esters is 2. The van der Waals surface area contributed by atoms with Gasteiger partial charge in [-0.1, -0.05) is 60.7 Å². The van der Waals surface area contributed by atoms with E-state index in [1.54, 1.807) is 97.1 Å². The van der Waals surface area contributed by atoms with Crippen molar-refractivity contribution in [1.82, 2.24) is 9.80 Å². The summed E-state index contributed by atoms with van der Waals surface area (Å²) in [5.74, 6) is -1.28. The Kier molecular flexibility index (Phi) is 7.65. The molecule has 1 aliphatic heterocycles. The lowest BCUT2D eigenvalue weighted by molar-refractivity contribution is -0.143. The molecule has 4 aromatic carbocycles. The third kappa shape index (κ3) is 6.01. The van der Waals surface area contributed by atoms with E-state index < -0.39 is 29.4 Å². The number of carbonyl (C=O) groups is 4. The molecule has 0 spiro atoms. The fourth-order valence-electron chi connectivity index (χ4n) is 4.57. The van der Waals surface area contributed by atoms with Crippen LogP contribution in [0, 0.1) is 0 Å². The number of carbonyl (C=O) groups excluding carboxylic acids is 4. The molecule has 0 atom stereocenters. The molecular formula is C33H28N2O6. The summed E-state index contributed by atoms with van der Waals surface area (Å²) in [6, 6.07) is 31.1. The zero-order valence-electron chi connectivity index (χ0n) is 22.7. The maximum atomic E-state index is 13.0. The fraction of sp³-hybridized carbons (Fsp3) is 0.152. The molecule has 8 nitrogen and oxygen atoms in total. The van der Waals surface area contributed by atoms with Crippen LogP contribution in [-0.2, 0) is 22.7 Å².